The molecule has 1 rings (SSSR count). The number of pyridine rings is 1. The Hall–Kier alpha value is -2.02. The molecule has 1 heterocycles. The van der Waals surface area contributed by atoms with Gasteiger partial charge in [0.25, 0.3) is 5.91 Å². The zero-order valence-corrected chi connectivity index (χ0v) is 10.1. The molecule has 90 valence electrons. The van der Waals surface area contributed by atoms with Crippen LogP contribution in [0, 0.1) is 19.3 Å². The van der Waals surface area contributed by atoms with Crippen LogP contribution in [-0.2, 0) is 0 Å². The van der Waals surface area contributed by atoms with Crippen LogP contribution >= 0.6 is 0 Å². The lowest BCUT2D eigenvalue weighted by Crippen LogP contribution is -2.35. The molecule has 1 amide bonds. The molecule has 0 aliphatic carbocycles. The maximum Gasteiger partial charge on any atom is 0.260 e. The number of H-pyrrole nitrogens is 1. The van der Waals surface area contributed by atoms with Gasteiger partial charge in [-0.25, -0.2) is 0 Å². The molecule has 0 saturated carbocycles. The molecule has 0 atom stereocenters. The van der Waals surface area contributed by atoms with Crippen LogP contribution in [0.4, 0.5) is 0 Å². The van der Waals surface area contributed by atoms with E-state index in [9.17, 15) is 9.59 Å². The van der Waals surface area contributed by atoms with E-state index in [-0.39, 0.29) is 23.4 Å². The minimum atomic E-state index is -0.314. The SMILES string of the molecule is C#CCN(CCC)C(=O)c1c[nH]c(C)cc1=O. The van der Waals surface area contributed by atoms with Gasteiger partial charge in [-0.15, -0.1) is 6.42 Å². The molecular weight excluding hydrogens is 216 g/mol. The van der Waals surface area contributed by atoms with Crippen LogP contribution < -0.4 is 5.43 Å². The van der Waals surface area contributed by atoms with Gasteiger partial charge >= 0.3 is 0 Å². The first kappa shape index (κ1) is 13.0. The molecule has 1 aromatic heterocycles. The Kier molecular flexibility index (Phi) is 4.53. The standard InChI is InChI=1S/C13H16N2O2/c1-4-6-15(7-5-2)13(17)11-9-14-10(3)8-12(11)16/h1,8-9H,5-7H2,2-3H3,(H,14,16). The van der Waals surface area contributed by atoms with Crippen molar-refractivity contribution in [3.63, 3.8) is 0 Å². The first-order valence-corrected chi connectivity index (χ1v) is 5.52. The molecule has 0 radical (unpaired) electrons. The van der Waals surface area contributed by atoms with Crippen molar-refractivity contribution in [3.05, 3.63) is 33.7 Å². The highest BCUT2D eigenvalue weighted by molar-refractivity contribution is 5.94. The predicted octanol–water partition coefficient (Wildman–Crippen LogP) is 1.17. The Morgan fingerprint density at radius 2 is 2.29 bits per heavy atom. The summed E-state index contributed by atoms with van der Waals surface area (Å²) in [6, 6.07) is 1.41. The Morgan fingerprint density at radius 3 is 2.82 bits per heavy atom. The summed E-state index contributed by atoms with van der Waals surface area (Å²) in [7, 11) is 0. The van der Waals surface area contributed by atoms with Crippen LogP contribution in [0.5, 0.6) is 0 Å². The highest BCUT2D eigenvalue weighted by Gasteiger charge is 2.16. The second kappa shape index (κ2) is 5.90. The predicted molar refractivity (Wildman–Crippen MR) is 66.8 cm³/mol. The maximum atomic E-state index is 12.1. The van der Waals surface area contributed by atoms with Gasteiger partial charge in [0.05, 0.1) is 6.54 Å². The molecule has 0 aliphatic rings. The van der Waals surface area contributed by atoms with Gasteiger partial charge in [-0.1, -0.05) is 12.8 Å². The van der Waals surface area contributed by atoms with E-state index in [4.69, 9.17) is 6.42 Å². The van der Waals surface area contributed by atoms with Crippen molar-refractivity contribution in [2.45, 2.75) is 20.3 Å². The number of terminal acetylenes is 1. The van der Waals surface area contributed by atoms with E-state index in [1.54, 1.807) is 6.92 Å². The third kappa shape index (κ3) is 3.22. The molecule has 0 fully saturated rings. The lowest BCUT2D eigenvalue weighted by molar-refractivity contribution is 0.0775. The molecular formula is C13H16N2O2. The van der Waals surface area contributed by atoms with Gasteiger partial charge in [0, 0.05) is 24.5 Å². The quantitative estimate of drug-likeness (QED) is 0.792. The zero-order chi connectivity index (χ0) is 12.8. The third-order valence-corrected chi connectivity index (χ3v) is 2.35. The van der Waals surface area contributed by atoms with Crippen molar-refractivity contribution < 1.29 is 4.79 Å². The number of carbonyl (C=O) groups is 1. The fourth-order valence-electron chi connectivity index (χ4n) is 1.54. The largest absolute Gasteiger partial charge is 0.364 e. The molecule has 4 nitrogen and oxygen atoms in total. The lowest BCUT2D eigenvalue weighted by Gasteiger charge is -2.18. The molecule has 17 heavy (non-hydrogen) atoms. The maximum absolute atomic E-state index is 12.1. The second-order valence-corrected chi connectivity index (χ2v) is 3.82. The summed E-state index contributed by atoms with van der Waals surface area (Å²) in [6.45, 7) is 4.49. The number of nitrogens with one attached hydrogen (secondary N) is 1. The fourth-order valence-corrected chi connectivity index (χ4v) is 1.54. The zero-order valence-electron chi connectivity index (χ0n) is 10.1. The van der Waals surface area contributed by atoms with E-state index in [0.29, 0.717) is 6.54 Å². The highest BCUT2D eigenvalue weighted by Crippen LogP contribution is 2.01. The van der Waals surface area contributed by atoms with Gasteiger partial charge in [-0.2, -0.15) is 0 Å². The lowest BCUT2D eigenvalue weighted by atomic mass is 10.2. The van der Waals surface area contributed by atoms with Gasteiger partial charge < -0.3 is 9.88 Å². The molecule has 0 aromatic carbocycles. The highest BCUT2D eigenvalue weighted by atomic mass is 16.2. The molecule has 0 spiro atoms. The molecule has 0 unspecified atom stereocenters. The molecule has 4 heteroatoms. The Bertz CT molecular complexity index is 497. The van der Waals surface area contributed by atoms with E-state index < -0.39 is 0 Å². The molecule has 0 saturated heterocycles. The molecule has 0 bridgehead atoms. The Morgan fingerprint density at radius 1 is 1.59 bits per heavy atom. The van der Waals surface area contributed by atoms with Gasteiger partial charge in [0.2, 0.25) is 0 Å². The van der Waals surface area contributed by atoms with Crippen molar-refractivity contribution in [1.82, 2.24) is 9.88 Å². The Labute approximate surface area is 101 Å². The van der Waals surface area contributed by atoms with E-state index in [2.05, 4.69) is 10.9 Å². The average molecular weight is 232 g/mol. The van der Waals surface area contributed by atoms with E-state index in [1.807, 2.05) is 6.92 Å². The van der Waals surface area contributed by atoms with Gasteiger partial charge in [-0.05, 0) is 13.3 Å². The number of hydrogen-bond acceptors (Lipinski definition) is 2. The topological polar surface area (TPSA) is 53.2 Å². The van der Waals surface area contributed by atoms with Crippen LogP contribution in [0.25, 0.3) is 0 Å². The summed E-state index contributed by atoms with van der Waals surface area (Å²) in [4.78, 5) is 28.1. The fraction of sp³-hybridized carbons (Fsp3) is 0.385. The van der Waals surface area contributed by atoms with Crippen molar-refractivity contribution in [2.75, 3.05) is 13.1 Å². The van der Waals surface area contributed by atoms with Crippen LogP contribution in [0.15, 0.2) is 17.1 Å². The monoisotopic (exact) mass is 232 g/mol. The van der Waals surface area contributed by atoms with Crippen molar-refractivity contribution in [1.29, 1.82) is 0 Å². The number of rotatable bonds is 4. The number of hydrogen-bond donors (Lipinski definition) is 1. The minimum absolute atomic E-state index is 0.138. The smallest absolute Gasteiger partial charge is 0.260 e. The van der Waals surface area contributed by atoms with E-state index in [1.165, 1.54) is 17.2 Å². The summed E-state index contributed by atoms with van der Waals surface area (Å²) in [5.74, 6) is 2.11. The van der Waals surface area contributed by atoms with Crippen LogP contribution in [-0.4, -0.2) is 28.9 Å². The molecule has 1 N–H and O–H groups in total. The van der Waals surface area contributed by atoms with Crippen molar-refractivity contribution in [2.24, 2.45) is 0 Å². The molecule has 1 aromatic rings. The normalized spacial score (nSPS) is 9.71. The second-order valence-electron chi connectivity index (χ2n) is 3.82. The van der Waals surface area contributed by atoms with Gasteiger partial charge in [0.15, 0.2) is 5.43 Å². The summed E-state index contributed by atoms with van der Waals surface area (Å²) in [5.41, 5.74) is 0.592. The number of carbonyl (C=O) groups excluding carboxylic acids is 1. The van der Waals surface area contributed by atoms with E-state index in [0.717, 1.165) is 12.1 Å². The van der Waals surface area contributed by atoms with Crippen molar-refractivity contribution >= 4 is 5.91 Å². The van der Waals surface area contributed by atoms with Crippen LogP contribution in [0.3, 0.4) is 0 Å². The summed E-state index contributed by atoms with van der Waals surface area (Å²) >= 11 is 0. The first-order chi connectivity index (χ1) is 8.10. The number of aryl methyl sites for hydroxylation is 1. The summed E-state index contributed by atoms with van der Waals surface area (Å²) < 4.78 is 0. The number of aromatic amines is 1. The summed E-state index contributed by atoms with van der Waals surface area (Å²) in [6.07, 6.45) is 7.45. The number of nitrogens with zero attached hydrogens (tertiary/aromatic N) is 1. The number of amides is 1. The Balaban J connectivity index is 3.01. The minimum Gasteiger partial charge on any atom is -0.364 e. The van der Waals surface area contributed by atoms with Crippen LogP contribution in [0.2, 0.25) is 0 Å². The molecule has 0 aliphatic heterocycles. The first-order valence-electron chi connectivity index (χ1n) is 5.52. The average Bonchev–Trinajstić information content (AvgIpc) is 2.28. The van der Waals surface area contributed by atoms with Gasteiger partial charge in [-0.3, -0.25) is 9.59 Å². The third-order valence-electron chi connectivity index (χ3n) is 2.35. The van der Waals surface area contributed by atoms with E-state index >= 15 is 0 Å². The van der Waals surface area contributed by atoms with Crippen molar-refractivity contribution in [3.8, 4) is 12.3 Å². The van der Waals surface area contributed by atoms with Crippen LogP contribution in [0.1, 0.15) is 29.4 Å². The summed E-state index contributed by atoms with van der Waals surface area (Å²) in [5, 5.41) is 0. The number of aromatic nitrogens is 1. The van der Waals surface area contributed by atoms with Gasteiger partial charge in [0.1, 0.15) is 5.56 Å².